The van der Waals surface area contributed by atoms with Crippen LogP contribution >= 0.6 is 0 Å². The van der Waals surface area contributed by atoms with Gasteiger partial charge in [0.05, 0.1) is 0 Å². The summed E-state index contributed by atoms with van der Waals surface area (Å²) < 4.78 is 5.20. The van der Waals surface area contributed by atoms with Crippen LogP contribution in [0, 0.1) is 0 Å². The van der Waals surface area contributed by atoms with Crippen LogP contribution in [0.4, 0.5) is 4.79 Å². The number of amides is 1. The van der Waals surface area contributed by atoms with Crippen molar-refractivity contribution in [3.05, 3.63) is 71.8 Å². The highest BCUT2D eigenvalue weighted by Crippen LogP contribution is 2.05. The lowest BCUT2D eigenvalue weighted by Gasteiger charge is -2.11. The molecule has 6 heteroatoms. The van der Waals surface area contributed by atoms with Crippen LogP contribution in [-0.4, -0.2) is 23.2 Å². The molecule has 1 amide bonds. The number of rotatable bonds is 5. The van der Waals surface area contributed by atoms with Crippen molar-refractivity contribution < 1.29 is 19.4 Å². The first-order valence-electron chi connectivity index (χ1n) is 6.97. The van der Waals surface area contributed by atoms with E-state index in [0.717, 1.165) is 11.1 Å². The van der Waals surface area contributed by atoms with Gasteiger partial charge in [0.25, 0.3) is 0 Å². The van der Waals surface area contributed by atoms with Crippen LogP contribution in [0.25, 0.3) is 0 Å². The summed E-state index contributed by atoms with van der Waals surface area (Å²) in [4.78, 5) is 20.6. The zero-order valence-corrected chi connectivity index (χ0v) is 12.6. The van der Waals surface area contributed by atoms with Crippen molar-refractivity contribution in [3.63, 3.8) is 0 Å². The SMILES string of the molecule is NC(=O)O.N[C@@H](Cc1ccccc1)C(=O)OCc1ccccc1. The van der Waals surface area contributed by atoms with Gasteiger partial charge in [0.2, 0.25) is 0 Å². The van der Waals surface area contributed by atoms with Crippen LogP contribution in [0.2, 0.25) is 0 Å². The molecule has 5 N–H and O–H groups in total. The summed E-state index contributed by atoms with van der Waals surface area (Å²) in [5.41, 5.74) is 11.9. The van der Waals surface area contributed by atoms with Gasteiger partial charge in [-0.05, 0) is 17.5 Å². The highest BCUT2D eigenvalue weighted by Gasteiger charge is 2.15. The van der Waals surface area contributed by atoms with E-state index in [2.05, 4.69) is 5.73 Å². The lowest BCUT2D eigenvalue weighted by Crippen LogP contribution is -2.34. The fourth-order valence-electron chi connectivity index (χ4n) is 1.79. The fourth-order valence-corrected chi connectivity index (χ4v) is 1.79. The minimum atomic E-state index is -1.33. The van der Waals surface area contributed by atoms with Crippen molar-refractivity contribution in [1.82, 2.24) is 0 Å². The van der Waals surface area contributed by atoms with Crippen LogP contribution < -0.4 is 11.5 Å². The van der Waals surface area contributed by atoms with Crippen molar-refractivity contribution in [3.8, 4) is 0 Å². The summed E-state index contributed by atoms with van der Waals surface area (Å²) in [6, 6.07) is 18.6. The van der Waals surface area contributed by atoms with E-state index < -0.39 is 12.1 Å². The molecule has 2 aromatic carbocycles. The van der Waals surface area contributed by atoms with E-state index in [1.807, 2.05) is 60.7 Å². The third-order valence-corrected chi connectivity index (χ3v) is 2.83. The summed E-state index contributed by atoms with van der Waals surface area (Å²) >= 11 is 0. The van der Waals surface area contributed by atoms with Gasteiger partial charge in [-0.2, -0.15) is 0 Å². The number of hydrogen-bond acceptors (Lipinski definition) is 4. The van der Waals surface area contributed by atoms with Gasteiger partial charge >= 0.3 is 12.1 Å². The molecular weight excluding hydrogens is 296 g/mol. The number of primary amides is 1. The van der Waals surface area contributed by atoms with Gasteiger partial charge in [-0.25, -0.2) is 4.79 Å². The molecule has 0 spiro atoms. The van der Waals surface area contributed by atoms with Gasteiger partial charge in [-0.1, -0.05) is 60.7 Å². The molecule has 0 radical (unpaired) electrons. The Labute approximate surface area is 134 Å². The second-order valence-electron chi connectivity index (χ2n) is 4.73. The molecule has 0 saturated heterocycles. The number of carbonyl (C=O) groups excluding carboxylic acids is 1. The number of carbonyl (C=O) groups is 2. The van der Waals surface area contributed by atoms with E-state index in [0.29, 0.717) is 6.42 Å². The molecular formula is C17H20N2O4. The first kappa shape index (κ1) is 18.2. The van der Waals surface area contributed by atoms with Gasteiger partial charge in [0.15, 0.2) is 0 Å². The summed E-state index contributed by atoms with van der Waals surface area (Å²) in [5.74, 6) is -0.368. The number of esters is 1. The zero-order valence-electron chi connectivity index (χ0n) is 12.6. The number of ether oxygens (including phenoxy) is 1. The topological polar surface area (TPSA) is 116 Å². The maximum absolute atomic E-state index is 11.8. The lowest BCUT2D eigenvalue weighted by molar-refractivity contribution is -0.146. The molecule has 2 rings (SSSR count). The van der Waals surface area contributed by atoms with Gasteiger partial charge in [-0.15, -0.1) is 0 Å². The van der Waals surface area contributed by atoms with Crippen LogP contribution in [0.15, 0.2) is 60.7 Å². The van der Waals surface area contributed by atoms with Crippen molar-refractivity contribution in [2.45, 2.75) is 19.1 Å². The smallest absolute Gasteiger partial charge is 0.402 e. The Hall–Kier alpha value is -2.86. The molecule has 0 unspecified atom stereocenters. The van der Waals surface area contributed by atoms with E-state index in [1.54, 1.807) is 0 Å². The van der Waals surface area contributed by atoms with Crippen LogP contribution in [0.3, 0.4) is 0 Å². The minimum absolute atomic E-state index is 0.266. The van der Waals surface area contributed by atoms with E-state index in [1.165, 1.54) is 0 Å². The number of benzene rings is 2. The Balaban J connectivity index is 0.000000593. The Morgan fingerprint density at radius 3 is 1.87 bits per heavy atom. The Morgan fingerprint density at radius 1 is 0.957 bits per heavy atom. The molecule has 2 aromatic rings. The predicted molar refractivity (Wildman–Crippen MR) is 86.6 cm³/mol. The second-order valence-corrected chi connectivity index (χ2v) is 4.73. The summed E-state index contributed by atoms with van der Waals surface area (Å²) in [6.45, 7) is 0.266. The number of hydrogen-bond donors (Lipinski definition) is 3. The molecule has 6 nitrogen and oxygen atoms in total. The van der Waals surface area contributed by atoms with Gasteiger partial charge in [0.1, 0.15) is 12.6 Å². The quantitative estimate of drug-likeness (QED) is 0.729. The summed E-state index contributed by atoms with van der Waals surface area (Å²) in [7, 11) is 0. The maximum Gasteiger partial charge on any atom is 0.402 e. The highest BCUT2D eigenvalue weighted by molar-refractivity contribution is 5.75. The molecule has 0 aliphatic carbocycles. The lowest BCUT2D eigenvalue weighted by atomic mass is 10.1. The first-order valence-corrected chi connectivity index (χ1v) is 6.97. The number of carboxylic acid groups (broad SMARTS) is 1. The fraction of sp³-hybridized carbons (Fsp3) is 0.176. The van der Waals surface area contributed by atoms with Crippen molar-refractivity contribution in [2.75, 3.05) is 0 Å². The Kier molecular flexibility index (Phi) is 7.88. The Bertz CT molecular complexity index is 599. The van der Waals surface area contributed by atoms with Crippen molar-refractivity contribution in [2.24, 2.45) is 11.5 Å². The highest BCUT2D eigenvalue weighted by atomic mass is 16.5. The molecule has 0 aliphatic heterocycles. The van der Waals surface area contributed by atoms with Crippen LogP contribution in [-0.2, 0) is 22.6 Å². The molecule has 0 aromatic heterocycles. The molecule has 0 bridgehead atoms. The van der Waals surface area contributed by atoms with Crippen molar-refractivity contribution in [1.29, 1.82) is 0 Å². The summed E-state index contributed by atoms with van der Waals surface area (Å²) in [5, 5.41) is 7.19. The predicted octanol–water partition coefficient (Wildman–Crippen LogP) is 1.92. The standard InChI is InChI=1S/C16H17NO2.CH3NO2/c17-15(11-13-7-3-1-4-8-13)16(18)19-12-14-9-5-2-6-10-14;2-1(3)4/h1-10,15H,11-12,17H2;2H2,(H,3,4)/t15-;/m0./s1. The molecule has 0 fully saturated rings. The van der Waals surface area contributed by atoms with Gasteiger partial charge in [-0.3, -0.25) is 4.79 Å². The number of nitrogens with two attached hydrogens (primary N) is 2. The normalized spacial score (nSPS) is 10.8. The van der Waals surface area contributed by atoms with E-state index >= 15 is 0 Å². The van der Waals surface area contributed by atoms with Crippen LogP contribution in [0.1, 0.15) is 11.1 Å². The van der Waals surface area contributed by atoms with Gasteiger partial charge < -0.3 is 21.3 Å². The molecule has 23 heavy (non-hydrogen) atoms. The molecule has 0 aliphatic rings. The maximum atomic E-state index is 11.8. The first-order chi connectivity index (χ1) is 11.0. The zero-order chi connectivity index (χ0) is 17.1. The van der Waals surface area contributed by atoms with E-state index in [4.69, 9.17) is 20.4 Å². The monoisotopic (exact) mass is 316 g/mol. The third kappa shape index (κ3) is 8.23. The largest absolute Gasteiger partial charge is 0.465 e. The minimum Gasteiger partial charge on any atom is -0.465 e. The molecule has 122 valence electrons. The average molecular weight is 316 g/mol. The summed E-state index contributed by atoms with van der Waals surface area (Å²) in [6.07, 6.45) is -0.839. The van der Waals surface area contributed by atoms with Crippen molar-refractivity contribution >= 4 is 12.1 Å². The van der Waals surface area contributed by atoms with E-state index in [9.17, 15) is 4.79 Å². The average Bonchev–Trinajstić information content (AvgIpc) is 2.54. The second kappa shape index (κ2) is 9.97. The molecule has 1 atom stereocenters. The third-order valence-electron chi connectivity index (χ3n) is 2.83. The molecule has 0 heterocycles. The molecule has 0 saturated carbocycles. The van der Waals surface area contributed by atoms with E-state index in [-0.39, 0.29) is 12.6 Å². The Morgan fingerprint density at radius 2 is 1.39 bits per heavy atom. The van der Waals surface area contributed by atoms with Gasteiger partial charge in [0, 0.05) is 0 Å². The van der Waals surface area contributed by atoms with Crippen LogP contribution in [0.5, 0.6) is 0 Å².